The molecule has 15 heavy (non-hydrogen) atoms. The molecule has 0 aromatic carbocycles. The topological polar surface area (TPSA) is 55.6 Å². The maximum absolute atomic E-state index is 12.3. The van der Waals surface area contributed by atoms with Crippen LogP contribution in [-0.2, 0) is 9.53 Å². The highest BCUT2D eigenvalue weighted by Crippen LogP contribution is 2.30. The molecule has 2 rings (SSSR count). The van der Waals surface area contributed by atoms with Crippen LogP contribution < -0.4 is 5.73 Å². The van der Waals surface area contributed by atoms with Crippen molar-refractivity contribution in [2.24, 2.45) is 5.73 Å². The lowest BCUT2D eigenvalue weighted by Gasteiger charge is -2.30. The molecule has 0 bridgehead atoms. The number of ether oxygens (including phenoxy) is 1. The van der Waals surface area contributed by atoms with Crippen molar-refractivity contribution in [1.82, 2.24) is 4.90 Å². The summed E-state index contributed by atoms with van der Waals surface area (Å²) >= 11 is 0. The van der Waals surface area contributed by atoms with E-state index in [1.165, 1.54) is 0 Å². The molecule has 0 radical (unpaired) electrons. The van der Waals surface area contributed by atoms with Crippen LogP contribution >= 0.6 is 0 Å². The Morgan fingerprint density at radius 1 is 1.60 bits per heavy atom. The predicted molar refractivity (Wildman–Crippen MR) is 57.4 cm³/mol. The van der Waals surface area contributed by atoms with E-state index in [9.17, 15) is 4.79 Å². The lowest BCUT2D eigenvalue weighted by Crippen LogP contribution is -2.56. The Morgan fingerprint density at radius 3 is 2.80 bits per heavy atom. The van der Waals surface area contributed by atoms with Gasteiger partial charge in [-0.05, 0) is 25.7 Å². The summed E-state index contributed by atoms with van der Waals surface area (Å²) in [4.78, 5) is 14.2. The van der Waals surface area contributed by atoms with Crippen LogP contribution in [0.5, 0.6) is 0 Å². The number of nitrogens with two attached hydrogens (primary N) is 1. The summed E-state index contributed by atoms with van der Waals surface area (Å²) in [6.45, 7) is 3.94. The second kappa shape index (κ2) is 4.10. The van der Waals surface area contributed by atoms with E-state index in [-0.39, 0.29) is 5.91 Å². The zero-order valence-electron chi connectivity index (χ0n) is 9.37. The molecule has 1 unspecified atom stereocenters. The van der Waals surface area contributed by atoms with Gasteiger partial charge in [0.25, 0.3) is 0 Å². The van der Waals surface area contributed by atoms with Crippen LogP contribution in [-0.4, -0.2) is 42.1 Å². The molecule has 1 aliphatic heterocycles. The molecule has 0 aromatic rings. The number of hydrogen-bond donors (Lipinski definition) is 1. The quantitative estimate of drug-likeness (QED) is 0.738. The van der Waals surface area contributed by atoms with Gasteiger partial charge in [0.05, 0.1) is 6.61 Å². The van der Waals surface area contributed by atoms with E-state index in [1.54, 1.807) is 0 Å². The van der Waals surface area contributed by atoms with Crippen LogP contribution in [0.3, 0.4) is 0 Å². The summed E-state index contributed by atoms with van der Waals surface area (Å²) in [5.41, 5.74) is 5.34. The molecule has 1 heterocycles. The van der Waals surface area contributed by atoms with Crippen molar-refractivity contribution in [3.63, 3.8) is 0 Å². The van der Waals surface area contributed by atoms with E-state index in [2.05, 4.69) is 6.92 Å². The van der Waals surface area contributed by atoms with Gasteiger partial charge in [-0.2, -0.15) is 0 Å². The second-order valence-corrected chi connectivity index (χ2v) is 4.69. The van der Waals surface area contributed by atoms with Crippen molar-refractivity contribution in [2.45, 2.75) is 44.2 Å². The standard InChI is InChI=1S/C11H20N2O2/c1-2-6-13(9-3-4-9)10(14)11(12)5-7-15-8-11/h9H,2-8,12H2,1H3. The van der Waals surface area contributed by atoms with Gasteiger partial charge in [0, 0.05) is 19.2 Å². The fourth-order valence-corrected chi connectivity index (χ4v) is 2.11. The van der Waals surface area contributed by atoms with Crippen molar-refractivity contribution in [2.75, 3.05) is 19.8 Å². The largest absolute Gasteiger partial charge is 0.379 e. The molecule has 4 heteroatoms. The number of carbonyl (C=O) groups excluding carboxylic acids is 1. The van der Waals surface area contributed by atoms with Crippen LogP contribution in [0.2, 0.25) is 0 Å². The predicted octanol–water partition coefficient (Wildman–Crippen LogP) is 0.505. The monoisotopic (exact) mass is 212 g/mol. The van der Waals surface area contributed by atoms with Gasteiger partial charge in [-0.3, -0.25) is 4.79 Å². The maximum Gasteiger partial charge on any atom is 0.245 e. The van der Waals surface area contributed by atoms with E-state index in [1.807, 2.05) is 4.90 Å². The minimum absolute atomic E-state index is 0.101. The Hall–Kier alpha value is -0.610. The summed E-state index contributed by atoms with van der Waals surface area (Å²) in [5.74, 6) is 0.101. The van der Waals surface area contributed by atoms with Gasteiger partial charge in [-0.25, -0.2) is 0 Å². The van der Waals surface area contributed by atoms with Crippen LogP contribution in [0.15, 0.2) is 0 Å². The van der Waals surface area contributed by atoms with Crippen LogP contribution in [0.1, 0.15) is 32.6 Å². The van der Waals surface area contributed by atoms with Gasteiger partial charge in [0.2, 0.25) is 5.91 Å². The Bertz CT molecular complexity index is 245. The number of hydrogen-bond acceptors (Lipinski definition) is 3. The molecule has 2 aliphatic rings. The fraction of sp³-hybridized carbons (Fsp3) is 0.909. The van der Waals surface area contributed by atoms with Crippen molar-refractivity contribution in [1.29, 1.82) is 0 Å². The van der Waals surface area contributed by atoms with E-state index in [4.69, 9.17) is 10.5 Å². The summed E-state index contributed by atoms with van der Waals surface area (Å²) in [5, 5.41) is 0. The average molecular weight is 212 g/mol. The Balaban J connectivity index is 2.02. The minimum Gasteiger partial charge on any atom is -0.379 e. The molecular weight excluding hydrogens is 192 g/mol. The summed E-state index contributed by atoms with van der Waals surface area (Å²) in [7, 11) is 0. The third-order valence-corrected chi connectivity index (χ3v) is 3.19. The minimum atomic E-state index is -0.738. The van der Waals surface area contributed by atoms with Crippen LogP contribution in [0, 0.1) is 0 Å². The van der Waals surface area contributed by atoms with Crippen LogP contribution in [0.25, 0.3) is 0 Å². The zero-order chi connectivity index (χ0) is 10.9. The van der Waals surface area contributed by atoms with E-state index in [0.29, 0.717) is 25.7 Å². The highest BCUT2D eigenvalue weighted by atomic mass is 16.5. The summed E-state index contributed by atoms with van der Waals surface area (Å²) in [6.07, 6.45) is 3.95. The molecule has 1 saturated carbocycles. The van der Waals surface area contributed by atoms with Gasteiger partial charge >= 0.3 is 0 Å². The number of amides is 1. The van der Waals surface area contributed by atoms with Gasteiger partial charge in [-0.1, -0.05) is 6.92 Å². The molecule has 86 valence electrons. The highest BCUT2D eigenvalue weighted by molar-refractivity contribution is 5.87. The molecule has 0 aromatic heterocycles. The summed E-state index contributed by atoms with van der Waals surface area (Å²) in [6, 6.07) is 0.457. The van der Waals surface area contributed by atoms with E-state index in [0.717, 1.165) is 25.8 Å². The van der Waals surface area contributed by atoms with Gasteiger partial charge in [0.15, 0.2) is 0 Å². The molecule has 1 aliphatic carbocycles. The Morgan fingerprint density at radius 2 is 2.33 bits per heavy atom. The molecule has 1 amide bonds. The maximum atomic E-state index is 12.3. The van der Waals surface area contributed by atoms with E-state index < -0.39 is 5.54 Å². The molecule has 4 nitrogen and oxygen atoms in total. The highest BCUT2D eigenvalue weighted by Gasteiger charge is 2.44. The van der Waals surface area contributed by atoms with E-state index >= 15 is 0 Å². The Labute approximate surface area is 90.8 Å². The average Bonchev–Trinajstić information content (AvgIpc) is 2.97. The van der Waals surface area contributed by atoms with Crippen molar-refractivity contribution >= 4 is 5.91 Å². The fourth-order valence-electron chi connectivity index (χ4n) is 2.11. The normalized spacial score (nSPS) is 30.5. The lowest BCUT2D eigenvalue weighted by molar-refractivity contribution is -0.137. The zero-order valence-corrected chi connectivity index (χ0v) is 9.37. The van der Waals surface area contributed by atoms with Crippen molar-refractivity contribution < 1.29 is 9.53 Å². The first kappa shape index (κ1) is 10.9. The third kappa shape index (κ3) is 2.16. The third-order valence-electron chi connectivity index (χ3n) is 3.19. The smallest absolute Gasteiger partial charge is 0.245 e. The molecular formula is C11H20N2O2. The molecule has 2 fully saturated rings. The SMILES string of the molecule is CCCN(C(=O)C1(N)CCOC1)C1CC1. The Kier molecular flexibility index (Phi) is 2.98. The van der Waals surface area contributed by atoms with Gasteiger partial charge < -0.3 is 15.4 Å². The van der Waals surface area contributed by atoms with Gasteiger partial charge in [0.1, 0.15) is 5.54 Å². The number of nitrogens with zero attached hydrogens (tertiary/aromatic N) is 1. The molecule has 1 saturated heterocycles. The molecule has 1 atom stereocenters. The van der Waals surface area contributed by atoms with Gasteiger partial charge in [-0.15, -0.1) is 0 Å². The van der Waals surface area contributed by atoms with Crippen LogP contribution in [0.4, 0.5) is 0 Å². The second-order valence-electron chi connectivity index (χ2n) is 4.69. The molecule has 2 N–H and O–H groups in total. The van der Waals surface area contributed by atoms with Crippen molar-refractivity contribution in [3.8, 4) is 0 Å². The molecule has 0 spiro atoms. The van der Waals surface area contributed by atoms with Crippen molar-refractivity contribution in [3.05, 3.63) is 0 Å². The first-order valence-electron chi connectivity index (χ1n) is 5.85. The number of rotatable bonds is 4. The lowest BCUT2D eigenvalue weighted by atomic mass is 9.98. The number of carbonyl (C=O) groups is 1. The first-order valence-corrected chi connectivity index (χ1v) is 5.85. The first-order chi connectivity index (χ1) is 7.17. The summed E-state index contributed by atoms with van der Waals surface area (Å²) < 4.78 is 5.24.